The summed E-state index contributed by atoms with van der Waals surface area (Å²) in [5.41, 5.74) is 0. The molecule has 1 unspecified atom stereocenters. The maximum atomic E-state index is 10.8. The fraction of sp³-hybridized carbons (Fsp3) is 0.875. The van der Waals surface area contributed by atoms with Crippen LogP contribution in [0.3, 0.4) is 0 Å². The third-order valence-corrected chi connectivity index (χ3v) is 1.70. The van der Waals surface area contributed by atoms with Crippen LogP contribution >= 0.6 is 12.6 Å². The number of hydrogen-bond acceptors (Lipinski definition) is 3. The molecule has 0 saturated carbocycles. The largest absolute Gasteiger partial charge is 0.466 e. The van der Waals surface area contributed by atoms with E-state index in [2.05, 4.69) is 12.6 Å². The number of ether oxygens (including phenoxy) is 2. The van der Waals surface area contributed by atoms with Crippen molar-refractivity contribution in [3.8, 4) is 0 Å². The Kier molecular flexibility index (Phi) is 7.29. The Balaban J connectivity index is 3.24. The Morgan fingerprint density at radius 2 is 2.25 bits per heavy atom. The van der Waals surface area contributed by atoms with Gasteiger partial charge in [-0.25, -0.2) is 0 Å². The monoisotopic (exact) mass is 191 g/mol. The van der Waals surface area contributed by atoms with Gasteiger partial charge in [0.15, 0.2) is 0 Å². The van der Waals surface area contributed by atoms with Crippen LogP contribution in [-0.2, 0) is 14.3 Å². The molecule has 4 heteroatoms. The number of esters is 1. The van der Waals surface area contributed by atoms with Crippen molar-refractivity contribution in [1.82, 2.24) is 0 Å². The lowest BCUT2D eigenvalue weighted by atomic mass is 10.3. The van der Waals surface area contributed by atoms with Gasteiger partial charge in [0.2, 0.25) is 0 Å². The lowest BCUT2D eigenvalue weighted by Crippen LogP contribution is -2.12. The van der Waals surface area contributed by atoms with Gasteiger partial charge in [-0.05, 0) is 6.92 Å². The summed E-state index contributed by atoms with van der Waals surface area (Å²) in [6, 6.07) is 0. The van der Waals surface area contributed by atoms with Crippen molar-refractivity contribution in [2.75, 3.05) is 19.5 Å². The zero-order valence-electron chi connectivity index (χ0n) is 7.54. The van der Waals surface area contributed by atoms with Gasteiger partial charge in [0.05, 0.1) is 19.1 Å². The van der Waals surface area contributed by atoms with Crippen molar-refractivity contribution in [3.05, 3.63) is 0 Å². The molecule has 0 spiro atoms. The summed E-state index contributed by atoms with van der Waals surface area (Å²) in [7, 11) is 1.63. The highest BCUT2D eigenvalue weighted by Gasteiger charge is 2.03. The molecule has 0 bridgehead atoms. The molecule has 71 valence electrons. The van der Waals surface area contributed by atoms with Gasteiger partial charge < -0.3 is 9.47 Å². The third-order valence-electron chi connectivity index (χ3n) is 1.50. The molecule has 0 aromatic rings. The van der Waals surface area contributed by atoms with Crippen LogP contribution in [0.4, 0.5) is 0 Å². The minimum atomic E-state index is -0.215. The van der Waals surface area contributed by atoms with E-state index >= 15 is 0 Å². The molecule has 0 aliphatic carbocycles. The average Bonchev–Trinajstić information content (AvgIpc) is 2.04. The number of carbonyl (C=O) groups excluding carboxylic acids is 1. The molecule has 0 aliphatic heterocycles. The molecule has 0 saturated heterocycles. The predicted octanol–water partition coefficient (Wildman–Crippen LogP) is 1.54. The van der Waals surface area contributed by atoms with E-state index in [9.17, 15) is 4.79 Å². The van der Waals surface area contributed by atoms with Gasteiger partial charge in [-0.15, -0.1) is 0 Å². The van der Waals surface area contributed by atoms with Crippen LogP contribution in [0.25, 0.3) is 0 Å². The van der Waals surface area contributed by atoms with E-state index in [0.29, 0.717) is 18.8 Å². The Labute approximate surface area is 78.8 Å². The van der Waals surface area contributed by atoms with Gasteiger partial charge in [0.25, 0.3) is 0 Å². The molecule has 3 nitrogen and oxygen atoms in total. The molecule has 0 fully saturated rings. The molecule has 12 heavy (non-hydrogen) atoms. The molecular weight excluding hydrogens is 176 g/mol. The van der Waals surface area contributed by atoms with Gasteiger partial charge in [0, 0.05) is 19.3 Å². The van der Waals surface area contributed by atoms with Crippen LogP contribution in [0.5, 0.6) is 0 Å². The van der Waals surface area contributed by atoms with Gasteiger partial charge in [0.1, 0.15) is 0 Å². The highest BCUT2D eigenvalue weighted by molar-refractivity contribution is 7.80. The fourth-order valence-electron chi connectivity index (χ4n) is 0.612. The predicted molar refractivity (Wildman–Crippen MR) is 49.1 cm³/mol. The van der Waals surface area contributed by atoms with Gasteiger partial charge in [-0.2, -0.15) is 0 Å². The molecule has 0 aromatic carbocycles. The summed E-state index contributed by atoms with van der Waals surface area (Å²) in [5.74, 6) is 0.215. The van der Waals surface area contributed by atoms with Crippen LogP contribution in [0.15, 0.2) is 0 Å². The van der Waals surface area contributed by atoms with E-state index in [0.717, 1.165) is 6.42 Å². The third kappa shape index (κ3) is 6.49. The molecule has 0 heterocycles. The highest BCUT2D eigenvalue weighted by atomic mass is 32.1. The minimum absolute atomic E-state index is 0.140. The van der Waals surface area contributed by atoms with Crippen molar-refractivity contribution in [2.45, 2.75) is 25.9 Å². The Hall–Kier alpha value is -0.220. The molecule has 0 aromatic heterocycles. The van der Waals surface area contributed by atoms with Crippen molar-refractivity contribution in [3.63, 3.8) is 0 Å². The first-order chi connectivity index (χ1) is 5.70. The number of carbonyl (C=O) groups is 1. The summed E-state index contributed by atoms with van der Waals surface area (Å²) < 4.78 is 9.85. The second-order valence-corrected chi connectivity index (χ2v) is 2.92. The topological polar surface area (TPSA) is 35.5 Å². The Morgan fingerprint density at radius 3 is 2.75 bits per heavy atom. The lowest BCUT2D eigenvalue weighted by Gasteiger charge is -2.08. The average molecular weight is 191 g/mol. The quantitative estimate of drug-likeness (QED) is 0.597. The molecule has 0 rings (SSSR count). The smallest absolute Gasteiger partial charge is 0.306 e. The molecule has 0 aliphatic rings. The summed E-state index contributed by atoms with van der Waals surface area (Å²) in [5, 5.41) is 0. The number of methoxy groups -OCH3 is 1. The number of hydrogen-bond donors (Lipinski definition) is 0. The maximum Gasteiger partial charge on any atom is 0.306 e. The molecule has 1 radical (unpaired) electrons. The number of rotatable bonds is 6. The Bertz CT molecular complexity index is 127. The minimum Gasteiger partial charge on any atom is -0.466 e. The second-order valence-electron chi connectivity index (χ2n) is 2.51. The van der Waals surface area contributed by atoms with E-state index in [-0.39, 0.29) is 12.1 Å². The van der Waals surface area contributed by atoms with Gasteiger partial charge in [-0.3, -0.25) is 4.79 Å². The molecule has 1 atom stereocenters. The summed E-state index contributed by atoms with van der Waals surface area (Å²) >= 11 is 4.63. The maximum absolute atomic E-state index is 10.8. The van der Waals surface area contributed by atoms with Crippen LogP contribution in [0.1, 0.15) is 19.8 Å². The zero-order chi connectivity index (χ0) is 9.40. The highest BCUT2D eigenvalue weighted by Crippen LogP contribution is 1.97. The standard InChI is InChI=1S/C8H15O3S/c1-7(10-2)3-5-11-8(9)4-6-12/h7H,3-6H2,1-2H3. The normalized spacial score (nSPS) is 12.6. The first-order valence-electron chi connectivity index (χ1n) is 3.97. The summed E-state index contributed by atoms with van der Waals surface area (Å²) in [4.78, 5) is 10.8. The zero-order valence-corrected chi connectivity index (χ0v) is 8.36. The molecule has 0 N–H and O–H groups in total. The van der Waals surface area contributed by atoms with Crippen LogP contribution in [0.2, 0.25) is 0 Å². The summed E-state index contributed by atoms with van der Waals surface area (Å²) in [6.07, 6.45) is 1.21. The van der Waals surface area contributed by atoms with Crippen LogP contribution in [0, 0.1) is 0 Å². The van der Waals surface area contributed by atoms with E-state index in [1.54, 1.807) is 7.11 Å². The lowest BCUT2D eigenvalue weighted by molar-refractivity contribution is -0.143. The van der Waals surface area contributed by atoms with Crippen LogP contribution < -0.4 is 0 Å². The van der Waals surface area contributed by atoms with Crippen molar-refractivity contribution >= 4 is 18.6 Å². The van der Waals surface area contributed by atoms with E-state index < -0.39 is 0 Å². The van der Waals surface area contributed by atoms with E-state index in [1.165, 1.54) is 0 Å². The fourth-order valence-corrected chi connectivity index (χ4v) is 0.779. The van der Waals surface area contributed by atoms with E-state index in [4.69, 9.17) is 9.47 Å². The SMILES string of the molecule is COC(C)CCOC(=O)CC[S]. The van der Waals surface area contributed by atoms with Gasteiger partial charge >= 0.3 is 5.97 Å². The molecule has 0 amide bonds. The summed E-state index contributed by atoms with van der Waals surface area (Å²) in [6.45, 7) is 2.35. The van der Waals surface area contributed by atoms with Gasteiger partial charge in [-0.1, -0.05) is 12.6 Å². The molecular formula is C8H15O3S. The second kappa shape index (κ2) is 7.43. The first-order valence-corrected chi connectivity index (χ1v) is 4.55. The first kappa shape index (κ1) is 11.8. The van der Waals surface area contributed by atoms with E-state index in [1.807, 2.05) is 6.92 Å². The van der Waals surface area contributed by atoms with Crippen molar-refractivity contribution < 1.29 is 14.3 Å². The Morgan fingerprint density at radius 1 is 1.58 bits per heavy atom. The van der Waals surface area contributed by atoms with Crippen LogP contribution in [-0.4, -0.2) is 31.5 Å². The van der Waals surface area contributed by atoms with Crippen molar-refractivity contribution in [1.29, 1.82) is 0 Å². The van der Waals surface area contributed by atoms with Crippen molar-refractivity contribution in [2.24, 2.45) is 0 Å².